The van der Waals surface area contributed by atoms with Crippen LogP contribution in [0.15, 0.2) is 39.3 Å². The number of hydrogen-bond donors (Lipinski definition) is 4. The van der Waals surface area contributed by atoms with Crippen LogP contribution in [0.25, 0.3) is 0 Å². The minimum atomic E-state index is -1.52. The van der Waals surface area contributed by atoms with Gasteiger partial charge in [0.15, 0.2) is 5.75 Å². The lowest BCUT2D eigenvalue weighted by Crippen LogP contribution is -2.26. The van der Waals surface area contributed by atoms with E-state index in [-0.39, 0.29) is 30.0 Å². The number of carboxylic acids is 1. The number of halogens is 2. The lowest BCUT2D eigenvalue weighted by Gasteiger charge is -2.15. The average molecular weight is 550 g/mol. The highest BCUT2D eigenvalue weighted by Crippen LogP contribution is 2.42. The smallest absolute Gasteiger partial charge is 0.364 e. The van der Waals surface area contributed by atoms with Gasteiger partial charge < -0.3 is 25.4 Å². The van der Waals surface area contributed by atoms with Gasteiger partial charge in [0.25, 0.3) is 11.2 Å². The average Bonchev–Trinajstić information content (AvgIpc) is 2.65. The van der Waals surface area contributed by atoms with E-state index in [2.05, 4.69) is 37.2 Å². The van der Waals surface area contributed by atoms with E-state index in [1.54, 1.807) is 12.1 Å². The van der Waals surface area contributed by atoms with E-state index in [1.807, 2.05) is 0 Å². The molecule has 154 valence electrons. The van der Waals surface area contributed by atoms with Gasteiger partial charge in [-0.2, -0.15) is 0 Å². The molecule has 2 aromatic carbocycles. The maximum atomic E-state index is 12.2. The largest absolute Gasteiger partial charge is 0.507 e. The molecule has 2 rings (SSSR count). The molecule has 1 amide bonds. The Hall–Kier alpha value is -2.00. The molecule has 29 heavy (non-hydrogen) atoms. The summed E-state index contributed by atoms with van der Waals surface area (Å²) in [5, 5.41) is 29.6. The molecule has 0 aliphatic rings. The highest BCUT2D eigenvalue weighted by Gasteiger charge is 2.33. The molecular weight excluding hydrogens is 533 g/mol. The zero-order valence-electron chi connectivity index (χ0n) is 15.0. The lowest BCUT2D eigenvalue weighted by molar-refractivity contribution is -0.136. The van der Waals surface area contributed by atoms with Crippen LogP contribution in [-0.4, -0.2) is 33.7 Å². The summed E-state index contributed by atoms with van der Waals surface area (Å²) in [6.45, 7) is 1.33. The van der Waals surface area contributed by atoms with E-state index in [4.69, 9.17) is 9.84 Å². The summed E-state index contributed by atoms with van der Waals surface area (Å²) in [6, 6.07) is 7.16. The number of rotatable bonds is 8. The Morgan fingerprint density at radius 3 is 2.38 bits per heavy atom. The van der Waals surface area contributed by atoms with Crippen molar-refractivity contribution in [2.75, 3.05) is 6.54 Å². The first-order chi connectivity index (χ1) is 13.5. The monoisotopic (exact) mass is 548 g/mol. The van der Waals surface area contributed by atoms with Crippen molar-refractivity contribution in [3.63, 3.8) is 0 Å². The third kappa shape index (κ3) is 5.99. The number of aliphatic carboxylic acids is 1. The fourth-order valence-electron chi connectivity index (χ4n) is 2.25. The maximum Gasteiger partial charge on any atom is 0.364 e. The Balaban J connectivity index is 2.28. The molecule has 0 aliphatic carbocycles. The first-order valence-corrected chi connectivity index (χ1v) is 10.7. The number of phenolic OH excluding ortho intramolecular Hbond substituents is 1. The second-order valence-corrected chi connectivity index (χ2v) is 9.01. The number of ether oxygens (including phenoxy) is 1. The van der Waals surface area contributed by atoms with Crippen molar-refractivity contribution in [3.05, 3.63) is 50.4 Å². The van der Waals surface area contributed by atoms with Gasteiger partial charge in [0.2, 0.25) is 0 Å². The van der Waals surface area contributed by atoms with Crippen LogP contribution in [0.3, 0.4) is 0 Å². The van der Waals surface area contributed by atoms with Crippen molar-refractivity contribution in [2.24, 2.45) is 0 Å². The zero-order chi connectivity index (χ0) is 21.8. The van der Waals surface area contributed by atoms with E-state index in [1.165, 1.54) is 25.1 Å². The van der Waals surface area contributed by atoms with Gasteiger partial charge in [0, 0.05) is 19.0 Å². The Labute approximate surface area is 184 Å². The van der Waals surface area contributed by atoms with Gasteiger partial charge in [-0.3, -0.25) is 9.59 Å². The summed E-state index contributed by atoms with van der Waals surface area (Å²) in [5.74, 6) is -1.41. The zero-order valence-corrected chi connectivity index (χ0v) is 19.2. The number of carbonyl (C=O) groups is 2. The third-order valence-electron chi connectivity index (χ3n) is 3.82. The Bertz CT molecular complexity index is 942. The molecule has 0 spiro atoms. The van der Waals surface area contributed by atoms with Crippen molar-refractivity contribution in [1.29, 1.82) is 0 Å². The summed E-state index contributed by atoms with van der Waals surface area (Å²) in [7, 11) is -0.969. The number of carbonyl (C=O) groups excluding carboxylic acids is 1. The summed E-state index contributed by atoms with van der Waals surface area (Å²) < 4.78 is 17.9. The van der Waals surface area contributed by atoms with Crippen molar-refractivity contribution in [1.82, 2.24) is 5.32 Å². The molecule has 11 heteroatoms. The Morgan fingerprint density at radius 2 is 1.83 bits per heavy atom. The Kier molecular flexibility index (Phi) is 7.76. The van der Waals surface area contributed by atoms with Crippen molar-refractivity contribution in [3.8, 4) is 17.2 Å². The van der Waals surface area contributed by atoms with Gasteiger partial charge in [-0.25, -0.2) is 0 Å². The van der Waals surface area contributed by atoms with Crippen molar-refractivity contribution >= 4 is 52.2 Å². The molecule has 0 bridgehead atoms. The Morgan fingerprint density at radius 1 is 1.21 bits per heavy atom. The van der Waals surface area contributed by atoms with Gasteiger partial charge in [-0.15, -0.1) is 0 Å². The minimum absolute atomic E-state index is 0.0766. The molecule has 0 fully saturated rings. The molecule has 0 radical (unpaired) electrons. The number of aromatic hydroxyl groups is 1. The fraction of sp³-hybridized carbons (Fsp3) is 0.222. The standard InChI is InChI=1S/C18H16Br2NO7P/c1-18(26,29-27)9-6-12(19)16(13(20)7-9)28-10-2-3-14(22)11(8-10)17(25)21-5-4-15(23)24/h2-3,6-8,22,26H,4-5H2,1H3,(H,21,25)(H,23,24)/p+1. The maximum absolute atomic E-state index is 12.2. The van der Waals surface area contributed by atoms with Gasteiger partial charge in [0.1, 0.15) is 11.5 Å². The SMILES string of the molecule is CC(O)([PH+]=O)c1cc(Br)c(Oc2ccc(O)c(C(=O)NCCC(=O)O)c2)c(Br)c1. The quantitative estimate of drug-likeness (QED) is 0.364. The van der Waals surface area contributed by atoms with Gasteiger partial charge >= 0.3 is 14.4 Å². The number of hydrogen-bond acceptors (Lipinski definition) is 6. The summed E-state index contributed by atoms with van der Waals surface area (Å²) in [4.78, 5) is 22.7. The van der Waals surface area contributed by atoms with E-state index in [0.717, 1.165) is 0 Å². The number of nitrogens with one attached hydrogen (secondary N) is 1. The van der Waals surface area contributed by atoms with Crippen molar-refractivity contribution < 1.29 is 34.2 Å². The van der Waals surface area contributed by atoms with Crippen LogP contribution < -0.4 is 10.1 Å². The topological polar surface area (TPSA) is 133 Å². The molecular formula is C18H17Br2NO7P+. The van der Waals surface area contributed by atoms with E-state index in [9.17, 15) is 24.4 Å². The number of amides is 1. The first kappa shape index (κ1) is 23.3. The number of carboxylic acid groups (broad SMARTS) is 1. The predicted octanol–water partition coefficient (Wildman–Crippen LogP) is 4.10. The molecule has 0 aromatic heterocycles. The molecule has 0 heterocycles. The van der Waals surface area contributed by atoms with Gasteiger partial charge in [-0.1, -0.05) is 4.57 Å². The number of benzene rings is 2. The molecule has 2 aromatic rings. The molecule has 8 nitrogen and oxygen atoms in total. The van der Waals surface area contributed by atoms with E-state index >= 15 is 0 Å². The second kappa shape index (κ2) is 9.67. The van der Waals surface area contributed by atoms with Crippen LogP contribution in [0.2, 0.25) is 0 Å². The van der Waals surface area contributed by atoms with Crippen molar-refractivity contribution in [2.45, 2.75) is 18.7 Å². The predicted molar refractivity (Wildman–Crippen MR) is 113 cm³/mol. The second-order valence-electron chi connectivity index (χ2n) is 6.12. The number of phenols is 1. The number of aliphatic hydroxyl groups is 1. The van der Waals surface area contributed by atoms with Crippen LogP contribution in [0, 0.1) is 0 Å². The fourth-order valence-corrected chi connectivity index (χ4v) is 3.86. The summed E-state index contributed by atoms with van der Waals surface area (Å²) in [6.07, 6.45) is -0.247. The molecule has 2 unspecified atom stereocenters. The normalized spacial score (nSPS) is 13.0. The van der Waals surface area contributed by atoms with E-state index in [0.29, 0.717) is 20.3 Å². The first-order valence-electron chi connectivity index (χ1n) is 8.17. The molecule has 2 atom stereocenters. The van der Waals surface area contributed by atoms with E-state index < -0.39 is 25.7 Å². The molecule has 0 saturated heterocycles. The van der Waals surface area contributed by atoms with Crippen LogP contribution in [0.5, 0.6) is 17.2 Å². The van der Waals surface area contributed by atoms with Crippen LogP contribution in [-0.2, 0) is 14.7 Å². The minimum Gasteiger partial charge on any atom is -0.507 e. The third-order valence-corrected chi connectivity index (χ3v) is 5.68. The molecule has 4 N–H and O–H groups in total. The summed E-state index contributed by atoms with van der Waals surface area (Å²) >= 11 is 6.67. The van der Waals surface area contributed by atoms with Gasteiger partial charge in [0.05, 0.1) is 20.9 Å². The molecule has 0 aliphatic heterocycles. The highest BCUT2D eigenvalue weighted by molar-refractivity contribution is 9.11. The van der Waals surface area contributed by atoms with Crippen LogP contribution in [0.4, 0.5) is 0 Å². The van der Waals surface area contributed by atoms with Crippen LogP contribution >= 0.6 is 40.3 Å². The highest BCUT2D eigenvalue weighted by atomic mass is 79.9. The lowest BCUT2D eigenvalue weighted by atomic mass is 10.1. The summed E-state index contributed by atoms with van der Waals surface area (Å²) in [5.41, 5.74) is 0.327. The molecule has 0 saturated carbocycles. The van der Waals surface area contributed by atoms with Crippen LogP contribution in [0.1, 0.15) is 29.3 Å². The van der Waals surface area contributed by atoms with Gasteiger partial charge in [-0.05, 0) is 62.2 Å².